The van der Waals surface area contributed by atoms with Crippen LogP contribution in [0.2, 0.25) is 0 Å². The Labute approximate surface area is 186 Å². The molecule has 8 nitrogen and oxygen atoms in total. The van der Waals surface area contributed by atoms with E-state index in [2.05, 4.69) is 58.2 Å². The van der Waals surface area contributed by atoms with Crippen LogP contribution in [0.3, 0.4) is 0 Å². The van der Waals surface area contributed by atoms with E-state index < -0.39 is 6.03 Å². The highest BCUT2D eigenvalue weighted by Crippen LogP contribution is 2.25. The Morgan fingerprint density at radius 1 is 1.03 bits per heavy atom. The van der Waals surface area contributed by atoms with Gasteiger partial charge in [0.25, 0.3) is 0 Å². The molecule has 0 bridgehead atoms. The fraction of sp³-hybridized carbons (Fsp3) is 0.364. The summed E-state index contributed by atoms with van der Waals surface area (Å²) < 4.78 is 5.79. The maximum atomic E-state index is 12.3. The Kier molecular flexibility index (Phi) is 7.91. The third kappa shape index (κ3) is 6.73. The number of pyridine rings is 2. The molecule has 2 amide bonds. The molecule has 3 heterocycles. The molecule has 3 aromatic heterocycles. The zero-order chi connectivity index (χ0) is 22.2. The molecule has 0 spiro atoms. The van der Waals surface area contributed by atoms with Gasteiger partial charge >= 0.3 is 6.03 Å². The van der Waals surface area contributed by atoms with Crippen LogP contribution in [0.1, 0.15) is 27.7 Å². The number of amides is 2. The fourth-order valence-electron chi connectivity index (χ4n) is 3.16. The lowest BCUT2D eigenvalue weighted by atomic mass is 10.2. The molecule has 0 aliphatic rings. The number of nitrogens with one attached hydrogen (secondary N) is 2. The van der Waals surface area contributed by atoms with Crippen molar-refractivity contribution in [3.05, 3.63) is 48.1 Å². The highest BCUT2D eigenvalue weighted by atomic mass is 32.1. The monoisotopic (exact) mass is 440 g/mol. The molecule has 31 heavy (non-hydrogen) atoms. The first-order valence-electron chi connectivity index (χ1n) is 10.2. The third-order valence-electron chi connectivity index (χ3n) is 4.56. The molecule has 0 radical (unpaired) electrons. The van der Waals surface area contributed by atoms with Gasteiger partial charge in [0, 0.05) is 48.0 Å². The number of rotatable bonds is 9. The van der Waals surface area contributed by atoms with Crippen molar-refractivity contribution >= 4 is 29.0 Å². The zero-order valence-electron chi connectivity index (χ0n) is 18.2. The van der Waals surface area contributed by atoms with Crippen LogP contribution in [0.4, 0.5) is 16.4 Å². The van der Waals surface area contributed by atoms with Crippen molar-refractivity contribution in [1.29, 1.82) is 0 Å². The number of carbonyl (C=O) groups is 1. The Hall–Kier alpha value is -3.04. The van der Waals surface area contributed by atoms with Gasteiger partial charge in [0.15, 0.2) is 0 Å². The quantitative estimate of drug-likeness (QED) is 0.499. The summed E-state index contributed by atoms with van der Waals surface area (Å²) in [5.74, 6) is 1.35. The van der Waals surface area contributed by atoms with Crippen LogP contribution >= 0.6 is 11.3 Å². The first kappa shape index (κ1) is 22.6. The lowest BCUT2D eigenvalue weighted by Crippen LogP contribution is -2.39. The van der Waals surface area contributed by atoms with Crippen molar-refractivity contribution in [3.63, 3.8) is 0 Å². The second-order valence-electron chi connectivity index (χ2n) is 7.49. The van der Waals surface area contributed by atoms with Gasteiger partial charge in [0.2, 0.25) is 5.88 Å². The number of hydrogen-bond acceptors (Lipinski definition) is 7. The van der Waals surface area contributed by atoms with Crippen LogP contribution in [-0.4, -0.2) is 51.1 Å². The SMILES string of the molecule is CC(C)N(CCOc1cccc(NC(=O)Nc2csc(-c3ccncc3)n2)n1)C(C)C. The molecule has 0 aliphatic heterocycles. The summed E-state index contributed by atoms with van der Waals surface area (Å²) in [4.78, 5) is 27.5. The summed E-state index contributed by atoms with van der Waals surface area (Å²) >= 11 is 1.45. The molecular weight excluding hydrogens is 412 g/mol. The van der Waals surface area contributed by atoms with Gasteiger partial charge < -0.3 is 4.74 Å². The number of aromatic nitrogens is 3. The van der Waals surface area contributed by atoms with Gasteiger partial charge in [-0.15, -0.1) is 11.3 Å². The smallest absolute Gasteiger partial charge is 0.326 e. The molecule has 3 rings (SSSR count). The predicted molar refractivity (Wildman–Crippen MR) is 125 cm³/mol. The van der Waals surface area contributed by atoms with Gasteiger partial charge in [-0.3, -0.25) is 20.5 Å². The summed E-state index contributed by atoms with van der Waals surface area (Å²) in [6.07, 6.45) is 3.42. The maximum Gasteiger partial charge on any atom is 0.326 e. The topological polar surface area (TPSA) is 92.3 Å². The van der Waals surface area contributed by atoms with Crippen LogP contribution in [-0.2, 0) is 0 Å². The average Bonchev–Trinajstić information content (AvgIpc) is 3.20. The van der Waals surface area contributed by atoms with Crippen molar-refractivity contribution in [2.45, 2.75) is 39.8 Å². The minimum Gasteiger partial charge on any atom is -0.476 e. The van der Waals surface area contributed by atoms with Crippen LogP contribution in [0, 0.1) is 0 Å². The van der Waals surface area contributed by atoms with E-state index in [1.54, 1.807) is 36.0 Å². The molecule has 164 valence electrons. The van der Waals surface area contributed by atoms with Crippen LogP contribution in [0.5, 0.6) is 5.88 Å². The van der Waals surface area contributed by atoms with E-state index in [-0.39, 0.29) is 0 Å². The molecule has 0 aliphatic carbocycles. The Morgan fingerprint density at radius 2 is 1.74 bits per heavy atom. The summed E-state index contributed by atoms with van der Waals surface area (Å²) in [5.41, 5.74) is 0.952. The zero-order valence-corrected chi connectivity index (χ0v) is 19.0. The van der Waals surface area contributed by atoms with Crippen LogP contribution in [0.15, 0.2) is 48.1 Å². The number of nitrogens with zero attached hydrogens (tertiary/aromatic N) is 4. The van der Waals surface area contributed by atoms with Crippen LogP contribution in [0.25, 0.3) is 10.6 Å². The van der Waals surface area contributed by atoms with E-state index in [1.165, 1.54) is 11.3 Å². The minimum atomic E-state index is -0.415. The third-order valence-corrected chi connectivity index (χ3v) is 5.46. The van der Waals surface area contributed by atoms with E-state index in [0.717, 1.165) is 17.1 Å². The average molecular weight is 441 g/mol. The summed E-state index contributed by atoms with van der Waals surface area (Å²) in [6.45, 7) is 10.0. The van der Waals surface area contributed by atoms with Gasteiger partial charge in [-0.05, 0) is 45.9 Å². The standard InChI is InChI=1S/C22H28N6O2S/c1-15(2)28(16(3)4)12-13-30-20-7-5-6-18(24-20)26-22(29)27-19-14-31-21(25-19)17-8-10-23-11-9-17/h5-11,14-16H,12-13H2,1-4H3,(H2,24,26,27,29). The first-order chi connectivity index (χ1) is 14.9. The van der Waals surface area contributed by atoms with Gasteiger partial charge in [-0.1, -0.05) is 6.07 Å². The molecule has 0 unspecified atom stereocenters. The van der Waals surface area contributed by atoms with Crippen LogP contribution < -0.4 is 15.4 Å². The second kappa shape index (κ2) is 10.8. The van der Waals surface area contributed by atoms with Crippen molar-refractivity contribution in [2.24, 2.45) is 0 Å². The summed E-state index contributed by atoms with van der Waals surface area (Å²) in [5, 5.41) is 8.05. The maximum absolute atomic E-state index is 12.3. The van der Waals surface area contributed by atoms with Crippen molar-refractivity contribution in [1.82, 2.24) is 19.9 Å². The fourth-order valence-corrected chi connectivity index (χ4v) is 3.91. The van der Waals surface area contributed by atoms with E-state index in [4.69, 9.17) is 4.74 Å². The van der Waals surface area contributed by atoms with Gasteiger partial charge in [-0.2, -0.15) is 4.98 Å². The molecule has 0 fully saturated rings. The second-order valence-corrected chi connectivity index (χ2v) is 8.35. The number of ether oxygens (including phenoxy) is 1. The molecular formula is C22H28N6O2S. The molecule has 0 atom stereocenters. The Bertz CT molecular complexity index is 969. The minimum absolute atomic E-state index is 0.407. The first-order valence-corrected chi connectivity index (χ1v) is 11.1. The molecule has 0 aromatic carbocycles. The lowest BCUT2D eigenvalue weighted by Gasteiger charge is -2.30. The van der Waals surface area contributed by atoms with E-state index in [9.17, 15) is 4.79 Å². The lowest BCUT2D eigenvalue weighted by molar-refractivity contribution is 0.140. The van der Waals surface area contributed by atoms with E-state index >= 15 is 0 Å². The number of hydrogen-bond donors (Lipinski definition) is 2. The van der Waals surface area contributed by atoms with E-state index in [1.807, 2.05) is 12.1 Å². The highest BCUT2D eigenvalue weighted by Gasteiger charge is 2.13. The highest BCUT2D eigenvalue weighted by molar-refractivity contribution is 7.13. The largest absolute Gasteiger partial charge is 0.476 e. The number of carbonyl (C=O) groups excluding carboxylic acids is 1. The molecule has 9 heteroatoms. The Balaban J connectivity index is 1.52. The van der Waals surface area contributed by atoms with Crippen molar-refractivity contribution in [2.75, 3.05) is 23.8 Å². The van der Waals surface area contributed by atoms with Gasteiger partial charge in [-0.25, -0.2) is 9.78 Å². The molecule has 2 N–H and O–H groups in total. The molecule has 0 saturated heterocycles. The molecule has 3 aromatic rings. The summed E-state index contributed by atoms with van der Waals surface area (Å²) in [6, 6.07) is 9.51. The predicted octanol–water partition coefficient (Wildman–Crippen LogP) is 4.74. The molecule has 0 saturated carbocycles. The number of anilines is 2. The summed E-state index contributed by atoms with van der Waals surface area (Å²) in [7, 11) is 0. The number of thiazole rings is 1. The Morgan fingerprint density at radius 3 is 2.45 bits per heavy atom. The van der Waals surface area contributed by atoms with Gasteiger partial charge in [0.1, 0.15) is 23.3 Å². The van der Waals surface area contributed by atoms with E-state index in [0.29, 0.717) is 36.2 Å². The normalized spacial score (nSPS) is 11.2. The van der Waals surface area contributed by atoms with Crippen molar-refractivity contribution in [3.8, 4) is 16.5 Å². The van der Waals surface area contributed by atoms with Gasteiger partial charge in [0.05, 0.1) is 0 Å². The van der Waals surface area contributed by atoms with Crippen molar-refractivity contribution < 1.29 is 9.53 Å². The number of urea groups is 1.